The van der Waals surface area contributed by atoms with Gasteiger partial charge in [-0.1, -0.05) is 12.1 Å². The number of fused-ring (bicyclic) bond motifs is 1. The molecule has 3 heteroatoms. The minimum absolute atomic E-state index is 0.865. The Kier molecular flexibility index (Phi) is 3.48. The van der Waals surface area contributed by atoms with Gasteiger partial charge in [0.05, 0.1) is 19.6 Å². The number of rotatable bonds is 3. The van der Waals surface area contributed by atoms with Crippen LogP contribution < -0.4 is 14.0 Å². The van der Waals surface area contributed by atoms with E-state index in [1.807, 2.05) is 31.3 Å². The van der Waals surface area contributed by atoms with E-state index in [4.69, 9.17) is 9.47 Å². The average Bonchev–Trinajstić information content (AvgIpc) is 2.54. The first-order valence-corrected chi connectivity index (χ1v) is 6.84. The van der Waals surface area contributed by atoms with Gasteiger partial charge in [-0.05, 0) is 35.7 Å². The molecule has 3 rings (SSSR count). The standard InChI is InChI=1S/C18H18NO2/c1-19-12-16-14(5-4-6-18(16)21-3)11-17(19)13-7-9-15(20-2)10-8-13/h4-12H,1-3H3/q+1. The first kappa shape index (κ1) is 13.4. The largest absolute Gasteiger partial charge is 0.497 e. The highest BCUT2D eigenvalue weighted by molar-refractivity contribution is 5.89. The maximum atomic E-state index is 5.43. The predicted octanol–water partition coefficient (Wildman–Crippen LogP) is 3.35. The fourth-order valence-corrected chi connectivity index (χ4v) is 2.56. The molecule has 0 bridgehead atoms. The van der Waals surface area contributed by atoms with Gasteiger partial charge in [-0.15, -0.1) is 0 Å². The molecule has 0 aliphatic rings. The van der Waals surface area contributed by atoms with Gasteiger partial charge in [0.25, 0.3) is 0 Å². The number of aryl methyl sites for hydroxylation is 1. The van der Waals surface area contributed by atoms with E-state index < -0.39 is 0 Å². The lowest BCUT2D eigenvalue weighted by Crippen LogP contribution is -2.30. The number of pyridine rings is 1. The normalized spacial score (nSPS) is 10.6. The minimum atomic E-state index is 0.865. The molecule has 0 aliphatic heterocycles. The molecule has 0 atom stereocenters. The Bertz CT molecular complexity index is 779. The molecular formula is C18H18NO2+. The zero-order valence-electron chi connectivity index (χ0n) is 12.5. The Morgan fingerprint density at radius 2 is 1.67 bits per heavy atom. The molecule has 1 aromatic heterocycles. The quantitative estimate of drug-likeness (QED) is 0.686. The summed E-state index contributed by atoms with van der Waals surface area (Å²) in [6.45, 7) is 0. The van der Waals surface area contributed by atoms with Gasteiger partial charge in [-0.25, -0.2) is 4.57 Å². The second kappa shape index (κ2) is 5.44. The first-order chi connectivity index (χ1) is 10.2. The monoisotopic (exact) mass is 280 g/mol. The highest BCUT2D eigenvalue weighted by Crippen LogP contribution is 2.27. The highest BCUT2D eigenvalue weighted by Gasteiger charge is 2.13. The number of nitrogens with zero attached hydrogens (tertiary/aromatic N) is 1. The van der Waals surface area contributed by atoms with E-state index in [0.29, 0.717) is 0 Å². The van der Waals surface area contributed by atoms with Crippen molar-refractivity contribution >= 4 is 10.8 Å². The molecule has 0 saturated heterocycles. The molecule has 2 aromatic carbocycles. The van der Waals surface area contributed by atoms with Crippen LogP contribution in [0.5, 0.6) is 11.5 Å². The van der Waals surface area contributed by atoms with Gasteiger partial charge in [0.1, 0.15) is 18.5 Å². The van der Waals surface area contributed by atoms with E-state index in [9.17, 15) is 0 Å². The van der Waals surface area contributed by atoms with E-state index in [1.54, 1.807) is 14.2 Å². The van der Waals surface area contributed by atoms with Crippen molar-refractivity contribution in [1.29, 1.82) is 0 Å². The summed E-state index contributed by atoms with van der Waals surface area (Å²) >= 11 is 0. The molecule has 106 valence electrons. The van der Waals surface area contributed by atoms with Gasteiger partial charge in [0.15, 0.2) is 6.20 Å². The Labute approximate surface area is 124 Å². The predicted molar refractivity (Wildman–Crippen MR) is 83.7 cm³/mol. The lowest BCUT2D eigenvalue weighted by molar-refractivity contribution is -0.659. The van der Waals surface area contributed by atoms with Crippen LogP contribution in [-0.2, 0) is 7.05 Å². The number of hydrogen-bond acceptors (Lipinski definition) is 2. The van der Waals surface area contributed by atoms with Crippen LogP contribution in [0, 0.1) is 0 Å². The molecule has 3 nitrogen and oxygen atoms in total. The summed E-state index contributed by atoms with van der Waals surface area (Å²) in [5.74, 6) is 1.76. The van der Waals surface area contributed by atoms with Gasteiger partial charge < -0.3 is 9.47 Å². The second-order valence-electron chi connectivity index (χ2n) is 4.96. The Hall–Kier alpha value is -2.55. The fourth-order valence-electron chi connectivity index (χ4n) is 2.56. The van der Waals surface area contributed by atoms with E-state index in [0.717, 1.165) is 28.1 Å². The van der Waals surface area contributed by atoms with Crippen molar-refractivity contribution in [3.63, 3.8) is 0 Å². The zero-order valence-corrected chi connectivity index (χ0v) is 12.5. The van der Waals surface area contributed by atoms with Gasteiger partial charge in [-0.3, -0.25) is 0 Å². The summed E-state index contributed by atoms with van der Waals surface area (Å²) in [5, 5.41) is 2.28. The van der Waals surface area contributed by atoms with Crippen molar-refractivity contribution in [3.8, 4) is 22.8 Å². The lowest BCUT2D eigenvalue weighted by atomic mass is 10.1. The topological polar surface area (TPSA) is 22.3 Å². The third kappa shape index (κ3) is 2.42. The van der Waals surface area contributed by atoms with E-state index >= 15 is 0 Å². The van der Waals surface area contributed by atoms with Crippen LogP contribution in [0.3, 0.4) is 0 Å². The highest BCUT2D eigenvalue weighted by atomic mass is 16.5. The molecule has 1 heterocycles. The summed E-state index contributed by atoms with van der Waals surface area (Å²) in [7, 11) is 5.43. The Morgan fingerprint density at radius 3 is 2.33 bits per heavy atom. The molecular weight excluding hydrogens is 262 g/mol. The summed E-state index contributed by atoms with van der Waals surface area (Å²) in [4.78, 5) is 0. The van der Waals surface area contributed by atoms with Crippen molar-refractivity contribution in [3.05, 3.63) is 54.7 Å². The van der Waals surface area contributed by atoms with Crippen LogP contribution in [-0.4, -0.2) is 14.2 Å². The number of benzene rings is 2. The number of ether oxygens (including phenoxy) is 2. The molecule has 0 unspecified atom stereocenters. The number of hydrogen-bond donors (Lipinski definition) is 0. The molecule has 0 spiro atoms. The van der Waals surface area contributed by atoms with Gasteiger partial charge >= 0.3 is 0 Å². The summed E-state index contributed by atoms with van der Waals surface area (Å²) in [6.07, 6.45) is 2.10. The van der Waals surface area contributed by atoms with Crippen LogP contribution in [0.2, 0.25) is 0 Å². The van der Waals surface area contributed by atoms with Crippen LogP contribution in [0.1, 0.15) is 0 Å². The van der Waals surface area contributed by atoms with Gasteiger partial charge in [0.2, 0.25) is 5.69 Å². The smallest absolute Gasteiger partial charge is 0.212 e. The Balaban J connectivity index is 2.16. The van der Waals surface area contributed by atoms with E-state index in [-0.39, 0.29) is 0 Å². The van der Waals surface area contributed by atoms with Crippen LogP contribution in [0.15, 0.2) is 54.7 Å². The summed E-state index contributed by atoms with van der Waals surface area (Å²) < 4.78 is 12.8. The van der Waals surface area contributed by atoms with Crippen molar-refractivity contribution in [2.45, 2.75) is 0 Å². The first-order valence-electron chi connectivity index (χ1n) is 6.84. The molecule has 0 saturated carbocycles. The van der Waals surface area contributed by atoms with Crippen LogP contribution in [0.4, 0.5) is 0 Å². The summed E-state index contributed by atoms with van der Waals surface area (Å²) in [6, 6.07) is 16.4. The van der Waals surface area contributed by atoms with E-state index in [1.165, 1.54) is 5.39 Å². The Morgan fingerprint density at radius 1 is 0.905 bits per heavy atom. The van der Waals surface area contributed by atoms with Crippen molar-refractivity contribution in [1.82, 2.24) is 0 Å². The molecule has 3 aromatic rings. The van der Waals surface area contributed by atoms with Gasteiger partial charge in [-0.2, -0.15) is 0 Å². The third-order valence-electron chi connectivity index (χ3n) is 3.70. The molecule has 0 radical (unpaired) electrons. The maximum absolute atomic E-state index is 5.43. The second-order valence-corrected chi connectivity index (χ2v) is 4.96. The van der Waals surface area contributed by atoms with E-state index in [2.05, 4.69) is 35.0 Å². The SMILES string of the molecule is COc1ccc(-c2cc3cccc(OC)c3c[n+]2C)cc1. The molecule has 0 aliphatic carbocycles. The van der Waals surface area contributed by atoms with Crippen molar-refractivity contribution in [2.75, 3.05) is 14.2 Å². The minimum Gasteiger partial charge on any atom is -0.497 e. The van der Waals surface area contributed by atoms with Crippen LogP contribution in [0.25, 0.3) is 22.0 Å². The summed E-state index contributed by atoms with van der Waals surface area (Å²) in [5.41, 5.74) is 2.31. The average molecular weight is 280 g/mol. The number of aromatic nitrogens is 1. The third-order valence-corrected chi connectivity index (χ3v) is 3.70. The van der Waals surface area contributed by atoms with Crippen molar-refractivity contribution < 1.29 is 14.0 Å². The molecule has 0 amide bonds. The fraction of sp³-hybridized carbons (Fsp3) is 0.167. The van der Waals surface area contributed by atoms with Crippen molar-refractivity contribution in [2.24, 2.45) is 7.05 Å². The maximum Gasteiger partial charge on any atom is 0.212 e. The molecule has 0 fully saturated rings. The molecule has 21 heavy (non-hydrogen) atoms. The zero-order chi connectivity index (χ0) is 14.8. The molecule has 0 N–H and O–H groups in total. The lowest BCUT2D eigenvalue weighted by Gasteiger charge is -2.07. The van der Waals surface area contributed by atoms with Gasteiger partial charge in [0, 0.05) is 11.6 Å². The van der Waals surface area contributed by atoms with Crippen LogP contribution >= 0.6 is 0 Å². The number of methoxy groups -OCH3 is 2.